The Kier molecular flexibility index (Phi) is 2.73. The van der Waals surface area contributed by atoms with Crippen molar-refractivity contribution in [3.8, 4) is 5.75 Å². The van der Waals surface area contributed by atoms with Gasteiger partial charge in [0.15, 0.2) is 0 Å². The van der Waals surface area contributed by atoms with Crippen molar-refractivity contribution < 1.29 is 9.26 Å². The van der Waals surface area contributed by atoms with Gasteiger partial charge in [-0.1, -0.05) is 41.6 Å². The zero-order valence-corrected chi connectivity index (χ0v) is 10.1. The Bertz CT molecular complexity index is 668. The maximum Gasteiger partial charge on any atom is 0.134 e. The van der Waals surface area contributed by atoms with Gasteiger partial charge in [0.25, 0.3) is 0 Å². The molecule has 0 saturated heterocycles. The molecule has 0 atom stereocenters. The van der Waals surface area contributed by atoms with Gasteiger partial charge in [-0.15, -0.1) is 0 Å². The van der Waals surface area contributed by atoms with Gasteiger partial charge < -0.3 is 9.26 Å². The highest BCUT2D eigenvalue weighted by atomic mass is 16.5. The maximum atomic E-state index is 5.80. The number of aryl methyl sites for hydroxylation is 1. The van der Waals surface area contributed by atoms with Crippen molar-refractivity contribution in [3.63, 3.8) is 0 Å². The Balaban J connectivity index is 1.86. The third kappa shape index (κ3) is 2.07. The normalized spacial score (nSPS) is 10.7. The van der Waals surface area contributed by atoms with E-state index in [1.54, 1.807) is 0 Å². The van der Waals surface area contributed by atoms with Crippen molar-refractivity contribution in [1.29, 1.82) is 0 Å². The van der Waals surface area contributed by atoms with E-state index >= 15 is 0 Å². The molecule has 0 N–H and O–H groups in total. The molecule has 2 aromatic carbocycles. The van der Waals surface area contributed by atoms with Crippen LogP contribution < -0.4 is 4.74 Å². The van der Waals surface area contributed by atoms with Crippen molar-refractivity contribution in [2.24, 2.45) is 0 Å². The van der Waals surface area contributed by atoms with Gasteiger partial charge in [0, 0.05) is 11.5 Å². The zero-order chi connectivity index (χ0) is 12.4. The van der Waals surface area contributed by atoms with Crippen molar-refractivity contribution in [3.05, 3.63) is 60.0 Å². The Labute approximate surface area is 105 Å². The molecular weight excluding hydrogens is 226 g/mol. The molecule has 3 nitrogen and oxygen atoms in total. The first-order valence-electron chi connectivity index (χ1n) is 5.86. The molecule has 0 amide bonds. The average molecular weight is 239 g/mol. The topological polar surface area (TPSA) is 35.3 Å². The van der Waals surface area contributed by atoms with Crippen LogP contribution in [0.4, 0.5) is 0 Å². The number of hydrogen-bond donors (Lipinski definition) is 0. The summed E-state index contributed by atoms with van der Waals surface area (Å²) in [7, 11) is 0. The highest BCUT2D eigenvalue weighted by Crippen LogP contribution is 2.25. The molecule has 0 spiro atoms. The largest absolute Gasteiger partial charge is 0.487 e. The number of rotatable bonds is 3. The van der Waals surface area contributed by atoms with Crippen LogP contribution in [0.15, 0.2) is 53.1 Å². The van der Waals surface area contributed by atoms with Gasteiger partial charge in [0.2, 0.25) is 0 Å². The first kappa shape index (κ1) is 10.8. The summed E-state index contributed by atoms with van der Waals surface area (Å²) >= 11 is 0. The van der Waals surface area contributed by atoms with E-state index in [4.69, 9.17) is 9.26 Å². The summed E-state index contributed by atoms with van der Waals surface area (Å²) < 4.78 is 10.8. The van der Waals surface area contributed by atoms with E-state index in [0.29, 0.717) is 6.61 Å². The molecule has 3 aromatic rings. The van der Waals surface area contributed by atoms with Gasteiger partial charge in [-0.2, -0.15) is 0 Å². The highest BCUT2D eigenvalue weighted by Gasteiger charge is 2.04. The van der Waals surface area contributed by atoms with Gasteiger partial charge in [-0.25, -0.2) is 0 Å². The number of aromatic nitrogens is 1. The standard InChI is InChI=1S/C15H13NO2/c1-11-9-13(16-18-11)10-17-15-8-4-6-12-5-2-3-7-14(12)15/h2-9H,10H2,1H3. The molecule has 18 heavy (non-hydrogen) atoms. The number of nitrogens with zero attached hydrogens (tertiary/aromatic N) is 1. The summed E-state index contributed by atoms with van der Waals surface area (Å²) in [6.07, 6.45) is 0. The minimum atomic E-state index is 0.422. The number of benzene rings is 2. The van der Waals surface area contributed by atoms with Crippen LogP contribution in [0.25, 0.3) is 10.8 Å². The lowest BCUT2D eigenvalue weighted by atomic mass is 10.1. The molecule has 0 saturated carbocycles. The minimum Gasteiger partial charge on any atom is -0.487 e. The second kappa shape index (κ2) is 4.53. The van der Waals surface area contributed by atoms with E-state index < -0.39 is 0 Å². The molecule has 0 aliphatic heterocycles. The summed E-state index contributed by atoms with van der Waals surface area (Å²) in [5, 5.41) is 6.19. The first-order valence-corrected chi connectivity index (χ1v) is 5.86. The fourth-order valence-electron chi connectivity index (χ4n) is 1.96. The van der Waals surface area contributed by atoms with Gasteiger partial charge in [0.1, 0.15) is 23.8 Å². The predicted molar refractivity (Wildman–Crippen MR) is 69.5 cm³/mol. The van der Waals surface area contributed by atoms with Gasteiger partial charge in [0.05, 0.1) is 0 Å². The fourth-order valence-corrected chi connectivity index (χ4v) is 1.96. The third-order valence-corrected chi connectivity index (χ3v) is 2.80. The van der Waals surface area contributed by atoms with Crippen molar-refractivity contribution >= 4 is 10.8 Å². The Morgan fingerprint density at radius 2 is 1.94 bits per heavy atom. The molecule has 3 rings (SSSR count). The lowest BCUT2D eigenvalue weighted by molar-refractivity contribution is 0.291. The molecular formula is C15H13NO2. The Hall–Kier alpha value is -2.29. The van der Waals surface area contributed by atoms with E-state index in [1.165, 1.54) is 5.39 Å². The van der Waals surface area contributed by atoms with Crippen LogP contribution in [-0.4, -0.2) is 5.16 Å². The van der Waals surface area contributed by atoms with E-state index in [2.05, 4.69) is 23.4 Å². The summed E-state index contributed by atoms with van der Waals surface area (Å²) in [5.74, 6) is 1.67. The van der Waals surface area contributed by atoms with Gasteiger partial charge >= 0.3 is 0 Å². The summed E-state index contributed by atoms with van der Waals surface area (Å²) in [6.45, 7) is 2.29. The average Bonchev–Trinajstić information content (AvgIpc) is 2.82. The molecule has 0 aliphatic carbocycles. The van der Waals surface area contributed by atoms with Crippen LogP contribution in [0.1, 0.15) is 11.5 Å². The molecule has 0 radical (unpaired) electrons. The fraction of sp³-hybridized carbons (Fsp3) is 0.133. The van der Waals surface area contributed by atoms with Crippen molar-refractivity contribution in [1.82, 2.24) is 5.16 Å². The summed E-state index contributed by atoms with van der Waals surface area (Å²) in [5.41, 5.74) is 0.806. The zero-order valence-electron chi connectivity index (χ0n) is 10.1. The smallest absolute Gasteiger partial charge is 0.134 e. The molecule has 90 valence electrons. The Morgan fingerprint density at radius 1 is 1.11 bits per heavy atom. The van der Waals surface area contributed by atoms with Crippen LogP contribution in [-0.2, 0) is 6.61 Å². The molecule has 3 heteroatoms. The van der Waals surface area contributed by atoms with Gasteiger partial charge in [-0.3, -0.25) is 0 Å². The van der Waals surface area contributed by atoms with Crippen molar-refractivity contribution in [2.45, 2.75) is 13.5 Å². The summed E-state index contributed by atoms with van der Waals surface area (Å²) in [4.78, 5) is 0. The van der Waals surface area contributed by atoms with Crippen LogP contribution in [0, 0.1) is 6.92 Å². The highest BCUT2D eigenvalue weighted by molar-refractivity contribution is 5.88. The monoisotopic (exact) mass is 239 g/mol. The lowest BCUT2D eigenvalue weighted by Crippen LogP contribution is -1.95. The molecule has 0 fully saturated rings. The molecule has 0 aliphatic rings. The van der Waals surface area contributed by atoms with Crippen LogP contribution >= 0.6 is 0 Å². The number of fused-ring (bicyclic) bond motifs is 1. The third-order valence-electron chi connectivity index (χ3n) is 2.80. The van der Waals surface area contributed by atoms with Crippen LogP contribution in [0.5, 0.6) is 5.75 Å². The van der Waals surface area contributed by atoms with E-state index in [1.807, 2.05) is 37.3 Å². The van der Waals surface area contributed by atoms with Crippen molar-refractivity contribution in [2.75, 3.05) is 0 Å². The molecule has 0 unspecified atom stereocenters. The minimum absolute atomic E-state index is 0.422. The van der Waals surface area contributed by atoms with E-state index in [9.17, 15) is 0 Å². The van der Waals surface area contributed by atoms with Crippen LogP contribution in [0.2, 0.25) is 0 Å². The molecule has 0 bridgehead atoms. The molecule has 1 aromatic heterocycles. The lowest BCUT2D eigenvalue weighted by Gasteiger charge is -2.07. The molecule has 1 heterocycles. The van der Waals surface area contributed by atoms with Gasteiger partial charge in [-0.05, 0) is 18.4 Å². The maximum absolute atomic E-state index is 5.80. The second-order valence-electron chi connectivity index (χ2n) is 4.19. The quantitative estimate of drug-likeness (QED) is 0.698. The SMILES string of the molecule is Cc1cc(COc2cccc3ccccc23)no1. The predicted octanol–water partition coefficient (Wildman–Crippen LogP) is 3.72. The summed E-state index contributed by atoms with van der Waals surface area (Å²) in [6, 6.07) is 16.1. The first-order chi connectivity index (χ1) is 8.83. The van der Waals surface area contributed by atoms with E-state index in [-0.39, 0.29) is 0 Å². The number of hydrogen-bond acceptors (Lipinski definition) is 3. The second-order valence-corrected chi connectivity index (χ2v) is 4.19. The number of ether oxygens (including phenoxy) is 1. The van der Waals surface area contributed by atoms with Crippen LogP contribution in [0.3, 0.4) is 0 Å². The Morgan fingerprint density at radius 3 is 2.78 bits per heavy atom. The van der Waals surface area contributed by atoms with E-state index in [0.717, 1.165) is 22.6 Å².